The summed E-state index contributed by atoms with van der Waals surface area (Å²) in [6.07, 6.45) is -1.74. The third kappa shape index (κ3) is 3.30. The van der Waals surface area contributed by atoms with E-state index in [0.717, 1.165) is 6.42 Å². The van der Waals surface area contributed by atoms with E-state index in [4.69, 9.17) is 0 Å². The minimum absolute atomic E-state index is 0.491. The van der Waals surface area contributed by atoms with Crippen LogP contribution in [0.5, 0.6) is 0 Å². The van der Waals surface area contributed by atoms with Gasteiger partial charge < -0.3 is 15.3 Å². The van der Waals surface area contributed by atoms with Gasteiger partial charge in [0.05, 0.1) is 6.10 Å². The van der Waals surface area contributed by atoms with E-state index in [9.17, 15) is 15.3 Å². The topological polar surface area (TPSA) is 60.7 Å². The second-order valence-electron chi connectivity index (χ2n) is 3.70. The van der Waals surface area contributed by atoms with Crippen LogP contribution in [0, 0.1) is 0 Å². The molecule has 0 aliphatic rings. The summed E-state index contributed by atoms with van der Waals surface area (Å²) in [6, 6.07) is 8.87. The van der Waals surface area contributed by atoms with E-state index >= 15 is 0 Å². The number of aliphatic hydroxyl groups excluding tert-OH is 3. The van der Waals surface area contributed by atoms with Gasteiger partial charge >= 0.3 is 0 Å². The SMILES string of the molecule is CCCC(O)C(O)C(O)c1ccccc1. The van der Waals surface area contributed by atoms with Gasteiger partial charge in [0.1, 0.15) is 12.2 Å². The Morgan fingerprint density at radius 2 is 1.67 bits per heavy atom. The number of hydrogen-bond acceptors (Lipinski definition) is 3. The summed E-state index contributed by atoms with van der Waals surface area (Å²) < 4.78 is 0. The molecule has 1 aromatic carbocycles. The third-order valence-electron chi connectivity index (χ3n) is 2.44. The number of hydrogen-bond donors (Lipinski definition) is 3. The van der Waals surface area contributed by atoms with Crippen molar-refractivity contribution in [1.29, 1.82) is 0 Å². The average molecular weight is 210 g/mol. The number of aliphatic hydroxyl groups is 3. The largest absolute Gasteiger partial charge is 0.390 e. The highest BCUT2D eigenvalue weighted by Crippen LogP contribution is 2.20. The average Bonchev–Trinajstić information content (AvgIpc) is 2.28. The molecule has 15 heavy (non-hydrogen) atoms. The minimum atomic E-state index is -1.12. The minimum Gasteiger partial charge on any atom is -0.390 e. The summed E-state index contributed by atoms with van der Waals surface area (Å²) in [7, 11) is 0. The fraction of sp³-hybridized carbons (Fsp3) is 0.500. The number of rotatable bonds is 5. The molecule has 3 atom stereocenters. The highest BCUT2D eigenvalue weighted by Gasteiger charge is 2.24. The van der Waals surface area contributed by atoms with Gasteiger partial charge in [0.25, 0.3) is 0 Å². The first kappa shape index (κ1) is 12.2. The molecule has 1 rings (SSSR count). The molecule has 84 valence electrons. The lowest BCUT2D eigenvalue weighted by Gasteiger charge is -2.22. The molecule has 3 unspecified atom stereocenters. The van der Waals surface area contributed by atoms with Crippen molar-refractivity contribution in [2.75, 3.05) is 0 Å². The van der Waals surface area contributed by atoms with Crippen LogP contribution in [0.4, 0.5) is 0 Å². The van der Waals surface area contributed by atoms with E-state index in [1.165, 1.54) is 0 Å². The fourth-order valence-electron chi connectivity index (χ4n) is 1.52. The van der Waals surface area contributed by atoms with Gasteiger partial charge in [-0.3, -0.25) is 0 Å². The molecule has 3 heteroatoms. The van der Waals surface area contributed by atoms with Crippen LogP contribution < -0.4 is 0 Å². The Balaban J connectivity index is 2.64. The standard InChI is InChI=1S/C12H18O3/c1-2-6-10(13)12(15)11(14)9-7-4-3-5-8-9/h3-5,7-8,10-15H,2,6H2,1H3. The van der Waals surface area contributed by atoms with Gasteiger partial charge in [0, 0.05) is 0 Å². The Kier molecular flexibility index (Phi) is 4.75. The predicted molar refractivity (Wildman–Crippen MR) is 58.3 cm³/mol. The zero-order valence-corrected chi connectivity index (χ0v) is 8.87. The van der Waals surface area contributed by atoms with Gasteiger partial charge in [0.15, 0.2) is 0 Å². The van der Waals surface area contributed by atoms with E-state index in [-0.39, 0.29) is 0 Å². The number of benzene rings is 1. The van der Waals surface area contributed by atoms with Crippen molar-refractivity contribution in [3.63, 3.8) is 0 Å². The van der Waals surface area contributed by atoms with Crippen molar-refractivity contribution in [3.05, 3.63) is 35.9 Å². The highest BCUT2D eigenvalue weighted by atomic mass is 16.4. The lowest BCUT2D eigenvalue weighted by molar-refractivity contribution is -0.0632. The summed E-state index contributed by atoms with van der Waals surface area (Å²) in [4.78, 5) is 0. The summed E-state index contributed by atoms with van der Waals surface area (Å²) >= 11 is 0. The zero-order chi connectivity index (χ0) is 11.3. The van der Waals surface area contributed by atoms with Crippen molar-refractivity contribution in [2.24, 2.45) is 0 Å². The van der Waals surface area contributed by atoms with Crippen molar-refractivity contribution >= 4 is 0 Å². The quantitative estimate of drug-likeness (QED) is 0.685. The van der Waals surface area contributed by atoms with E-state index in [0.29, 0.717) is 12.0 Å². The molecule has 1 aromatic rings. The van der Waals surface area contributed by atoms with Gasteiger partial charge in [-0.25, -0.2) is 0 Å². The lowest BCUT2D eigenvalue weighted by Crippen LogP contribution is -2.31. The zero-order valence-electron chi connectivity index (χ0n) is 8.87. The molecule has 0 bridgehead atoms. The summed E-state index contributed by atoms with van der Waals surface area (Å²) in [5.41, 5.74) is 0.625. The molecule has 0 aliphatic carbocycles. The third-order valence-corrected chi connectivity index (χ3v) is 2.44. The van der Waals surface area contributed by atoms with E-state index < -0.39 is 18.3 Å². The van der Waals surface area contributed by atoms with Gasteiger partial charge in [0.2, 0.25) is 0 Å². The van der Waals surface area contributed by atoms with Crippen LogP contribution in [0.3, 0.4) is 0 Å². The first-order valence-corrected chi connectivity index (χ1v) is 5.26. The Morgan fingerprint density at radius 1 is 1.07 bits per heavy atom. The maximum Gasteiger partial charge on any atom is 0.110 e. The first-order valence-electron chi connectivity index (χ1n) is 5.26. The molecule has 0 saturated heterocycles. The Labute approximate surface area is 90.0 Å². The normalized spacial score (nSPS) is 17.1. The maximum absolute atomic E-state index is 9.78. The van der Waals surface area contributed by atoms with Gasteiger partial charge in [-0.05, 0) is 12.0 Å². The van der Waals surface area contributed by atoms with Crippen molar-refractivity contribution in [3.8, 4) is 0 Å². The molecule has 3 nitrogen and oxygen atoms in total. The molecular weight excluding hydrogens is 192 g/mol. The van der Waals surface area contributed by atoms with Gasteiger partial charge in [-0.1, -0.05) is 43.7 Å². The Bertz CT molecular complexity index is 273. The molecule has 0 aromatic heterocycles. The van der Waals surface area contributed by atoms with E-state index in [2.05, 4.69) is 0 Å². The molecule has 0 amide bonds. The van der Waals surface area contributed by atoms with Crippen molar-refractivity contribution in [1.82, 2.24) is 0 Å². The molecule has 0 spiro atoms. The first-order chi connectivity index (χ1) is 7.16. The highest BCUT2D eigenvalue weighted by molar-refractivity contribution is 5.18. The molecule has 0 saturated carbocycles. The van der Waals surface area contributed by atoms with E-state index in [1.54, 1.807) is 24.3 Å². The fourth-order valence-corrected chi connectivity index (χ4v) is 1.52. The van der Waals surface area contributed by atoms with Gasteiger partial charge in [-0.15, -0.1) is 0 Å². The van der Waals surface area contributed by atoms with Crippen LogP contribution in [0.1, 0.15) is 31.4 Å². The van der Waals surface area contributed by atoms with E-state index in [1.807, 2.05) is 13.0 Å². The van der Waals surface area contributed by atoms with Crippen LogP contribution in [-0.2, 0) is 0 Å². The molecule has 0 radical (unpaired) electrons. The van der Waals surface area contributed by atoms with Crippen LogP contribution in [0.15, 0.2) is 30.3 Å². The van der Waals surface area contributed by atoms with Gasteiger partial charge in [-0.2, -0.15) is 0 Å². The second kappa shape index (κ2) is 5.85. The summed E-state index contributed by atoms with van der Waals surface area (Å²) in [6.45, 7) is 1.92. The second-order valence-corrected chi connectivity index (χ2v) is 3.70. The predicted octanol–water partition coefficient (Wildman–Crippen LogP) is 1.24. The Hall–Kier alpha value is -0.900. The van der Waals surface area contributed by atoms with Crippen LogP contribution >= 0.6 is 0 Å². The maximum atomic E-state index is 9.78. The molecule has 0 fully saturated rings. The van der Waals surface area contributed by atoms with Crippen LogP contribution in [0.2, 0.25) is 0 Å². The Morgan fingerprint density at radius 3 is 2.20 bits per heavy atom. The van der Waals surface area contributed by atoms with Crippen LogP contribution in [0.25, 0.3) is 0 Å². The summed E-state index contributed by atoms with van der Waals surface area (Å²) in [5, 5.41) is 29.0. The van der Waals surface area contributed by atoms with Crippen LogP contribution in [-0.4, -0.2) is 27.5 Å². The molecule has 0 aliphatic heterocycles. The lowest BCUT2D eigenvalue weighted by atomic mass is 9.98. The van der Waals surface area contributed by atoms with Crippen molar-refractivity contribution in [2.45, 2.75) is 38.1 Å². The molecule has 3 N–H and O–H groups in total. The summed E-state index contributed by atoms with van der Waals surface area (Å²) in [5.74, 6) is 0. The monoisotopic (exact) mass is 210 g/mol. The molecule has 0 heterocycles. The molecular formula is C12H18O3. The van der Waals surface area contributed by atoms with Crippen molar-refractivity contribution < 1.29 is 15.3 Å². The smallest absolute Gasteiger partial charge is 0.110 e.